The molecule has 2 fully saturated rings. The number of rotatable bonds is 12. The molecule has 8 rings (SSSR count). The van der Waals surface area contributed by atoms with Crippen LogP contribution in [-0.4, -0.2) is 87.1 Å². The highest BCUT2D eigenvalue weighted by atomic mass is 19.1. The molecule has 0 radical (unpaired) electrons. The first kappa shape index (κ1) is 49.2. The lowest BCUT2D eigenvalue weighted by Crippen LogP contribution is -2.31. The van der Waals surface area contributed by atoms with Crippen molar-refractivity contribution in [1.29, 1.82) is 5.26 Å². The highest BCUT2D eigenvalue weighted by Gasteiger charge is 2.30. The van der Waals surface area contributed by atoms with E-state index in [0.29, 0.717) is 76.0 Å². The number of hydrogen-bond acceptors (Lipinski definition) is 7. The largest absolute Gasteiger partial charge is 0.390 e. The summed E-state index contributed by atoms with van der Waals surface area (Å²) in [7, 11) is 0. The van der Waals surface area contributed by atoms with Crippen LogP contribution >= 0.6 is 0 Å². The molecule has 0 saturated carbocycles. The smallest absolute Gasteiger partial charge is 0.253 e. The van der Waals surface area contributed by atoms with E-state index in [1.165, 1.54) is 42.5 Å². The van der Waals surface area contributed by atoms with Gasteiger partial charge in [-0.1, -0.05) is 48.5 Å². The average molecular weight is 951 g/mol. The number of nitriles is 1. The van der Waals surface area contributed by atoms with E-state index in [1.807, 2.05) is 0 Å². The molecular weight excluding hydrogens is 897 g/mol. The van der Waals surface area contributed by atoms with Gasteiger partial charge in [-0.3, -0.25) is 14.6 Å². The van der Waals surface area contributed by atoms with Crippen LogP contribution in [0.4, 0.5) is 17.6 Å². The fraction of sp³-hybridized carbons (Fsp3) is 0.286. The van der Waals surface area contributed by atoms with Gasteiger partial charge in [0.05, 0.1) is 28.4 Å². The summed E-state index contributed by atoms with van der Waals surface area (Å²) in [5.41, 5.74) is 14.6. The van der Waals surface area contributed by atoms with Crippen LogP contribution in [0.2, 0.25) is 0 Å². The number of hydrogen-bond donors (Lipinski definition) is 4. The zero-order chi connectivity index (χ0) is 50.2. The summed E-state index contributed by atoms with van der Waals surface area (Å²) < 4.78 is 63.0. The number of likely N-dealkylation sites (tertiary alicyclic amines) is 2. The quantitative estimate of drug-likeness (QED) is 0.0539. The van der Waals surface area contributed by atoms with Crippen LogP contribution in [0.15, 0.2) is 114 Å². The lowest BCUT2D eigenvalue weighted by Gasteiger charge is -2.20. The van der Waals surface area contributed by atoms with Crippen molar-refractivity contribution >= 4 is 17.6 Å². The Balaban J connectivity index is 1.05. The van der Waals surface area contributed by atoms with Crippen molar-refractivity contribution in [3.8, 4) is 50.6 Å². The lowest BCUT2D eigenvalue weighted by molar-refractivity contribution is 0.0783. The molecule has 6 aromatic carbocycles. The monoisotopic (exact) mass is 950 g/mol. The average Bonchev–Trinajstić information content (AvgIpc) is 3.96. The molecule has 6 N–H and O–H groups in total. The summed E-state index contributed by atoms with van der Waals surface area (Å²) in [4.78, 5) is 35.6. The van der Waals surface area contributed by atoms with Gasteiger partial charge in [-0.05, 0) is 146 Å². The van der Waals surface area contributed by atoms with Crippen molar-refractivity contribution in [2.24, 2.45) is 16.5 Å². The maximum absolute atomic E-state index is 16.3. The number of carbonyl (C=O) groups is 2. The molecule has 2 atom stereocenters. The van der Waals surface area contributed by atoms with Gasteiger partial charge in [0, 0.05) is 67.3 Å². The maximum Gasteiger partial charge on any atom is 0.253 e. The van der Waals surface area contributed by atoms with Gasteiger partial charge in [0.1, 0.15) is 35.2 Å². The van der Waals surface area contributed by atoms with Crippen molar-refractivity contribution in [2.75, 3.05) is 26.2 Å². The van der Waals surface area contributed by atoms with Gasteiger partial charge in [-0.15, -0.1) is 0 Å². The second kappa shape index (κ2) is 19.7. The minimum absolute atomic E-state index is 0.00531. The molecule has 360 valence electrons. The Kier molecular flexibility index (Phi) is 13.8. The summed E-state index contributed by atoms with van der Waals surface area (Å²) in [6, 6.07) is 28.4. The number of nitrogens with zero attached hydrogens (tertiary/aromatic N) is 4. The Bertz CT molecular complexity index is 3100. The highest BCUT2D eigenvalue weighted by Crippen LogP contribution is 2.38. The molecule has 0 unspecified atom stereocenters. The van der Waals surface area contributed by atoms with Gasteiger partial charge in [0.2, 0.25) is 0 Å². The number of carbonyl (C=O) groups excluding carboxylic acids is 2. The zero-order valence-corrected chi connectivity index (χ0v) is 39.4. The third-order valence-corrected chi connectivity index (χ3v) is 12.7. The van der Waals surface area contributed by atoms with Crippen LogP contribution in [0.25, 0.3) is 44.5 Å². The molecule has 10 nitrogen and oxygen atoms in total. The van der Waals surface area contributed by atoms with Crippen LogP contribution in [0.1, 0.15) is 83.5 Å². The molecule has 2 saturated heterocycles. The third kappa shape index (κ3) is 11.0. The SMILES string of the molecule is CC(C)(O)Cc1ccc(-c2ccc(C(=O)N3CC[C@H](N)C3)cc2-c2ccc(C(N)=N[C@H]3CCN(C(=O)c4ccc(-c5ccc(CC(C)(C)O)cc5F)c(-c5ccc(C#N)c(F)c5)c4)C3)c(F)c2)c(F)c1. The van der Waals surface area contributed by atoms with Gasteiger partial charge in [0.15, 0.2) is 0 Å². The third-order valence-electron chi connectivity index (χ3n) is 12.7. The van der Waals surface area contributed by atoms with Crippen LogP contribution in [-0.2, 0) is 12.8 Å². The van der Waals surface area contributed by atoms with Gasteiger partial charge in [0.25, 0.3) is 11.8 Å². The minimum atomic E-state index is -1.07. The lowest BCUT2D eigenvalue weighted by atomic mass is 9.90. The maximum atomic E-state index is 16.3. The van der Waals surface area contributed by atoms with E-state index in [0.717, 1.165) is 0 Å². The molecule has 0 aliphatic carbocycles. The summed E-state index contributed by atoms with van der Waals surface area (Å²) in [6.07, 6.45) is 1.50. The number of aliphatic imine (C=N–C) groups is 1. The second-order valence-electron chi connectivity index (χ2n) is 19.6. The number of aliphatic hydroxyl groups is 2. The van der Waals surface area contributed by atoms with Crippen LogP contribution in [0.3, 0.4) is 0 Å². The molecule has 2 amide bonds. The summed E-state index contributed by atoms with van der Waals surface area (Å²) in [5.74, 6) is -3.34. The Labute approximate surface area is 404 Å². The van der Waals surface area contributed by atoms with Crippen LogP contribution in [0.5, 0.6) is 0 Å². The number of benzene rings is 6. The van der Waals surface area contributed by atoms with Crippen LogP contribution in [0, 0.1) is 34.6 Å². The summed E-state index contributed by atoms with van der Waals surface area (Å²) in [5, 5.41) is 30.0. The number of amidine groups is 1. The predicted octanol–water partition coefficient (Wildman–Crippen LogP) is 9.20. The van der Waals surface area contributed by atoms with Crippen LogP contribution < -0.4 is 11.5 Å². The van der Waals surface area contributed by atoms with Gasteiger partial charge >= 0.3 is 0 Å². The molecule has 2 aliphatic rings. The van der Waals surface area contributed by atoms with Gasteiger partial charge < -0.3 is 31.5 Å². The fourth-order valence-electron chi connectivity index (χ4n) is 9.37. The van der Waals surface area contributed by atoms with Crippen molar-refractivity contribution in [2.45, 2.75) is 76.7 Å². The molecule has 6 aromatic rings. The first-order valence-corrected chi connectivity index (χ1v) is 23.1. The molecule has 0 aromatic heterocycles. The normalized spacial score (nSPS) is 16.5. The molecule has 2 aliphatic heterocycles. The summed E-state index contributed by atoms with van der Waals surface area (Å²) >= 11 is 0. The first-order valence-electron chi connectivity index (χ1n) is 23.1. The number of nitrogens with two attached hydrogens (primary N) is 2. The standard InChI is InChI=1S/C56H54F4N6O4/c1-55(2,69)27-32-5-12-43(49(58)21-32)41-15-11-37(24-46(41)34-7-8-38(29-61)48(57)25-34)54(68)66-20-18-40(31-66)64-52(63)45-16-9-35(26-51(45)60)47-23-36(53(67)65-19-17-39(62)30-65)10-14-42(47)44-13-6-33(22-50(44)59)28-56(3,4)70/h5-16,21-26,39-40,69-70H,17-20,27-28,30-31,62H2,1-4H3,(H2,63,64)/t39-,40-/m0/s1. The number of halogens is 4. The van der Waals surface area contributed by atoms with Crippen molar-refractivity contribution < 1.29 is 37.4 Å². The molecule has 70 heavy (non-hydrogen) atoms. The van der Waals surface area contributed by atoms with Gasteiger partial charge in [-0.2, -0.15) is 5.26 Å². The zero-order valence-electron chi connectivity index (χ0n) is 39.4. The van der Waals surface area contributed by atoms with Crippen molar-refractivity contribution in [3.63, 3.8) is 0 Å². The second-order valence-corrected chi connectivity index (χ2v) is 19.6. The molecule has 14 heteroatoms. The van der Waals surface area contributed by atoms with Gasteiger partial charge in [-0.25, -0.2) is 17.6 Å². The highest BCUT2D eigenvalue weighted by molar-refractivity contribution is 6.01. The first-order chi connectivity index (χ1) is 33.1. The van der Waals surface area contributed by atoms with Crippen molar-refractivity contribution in [3.05, 3.63) is 166 Å². The Morgan fingerprint density at radius 2 is 1.11 bits per heavy atom. The van der Waals surface area contributed by atoms with E-state index in [4.69, 9.17) is 11.5 Å². The topological polar surface area (TPSA) is 169 Å². The molecule has 2 heterocycles. The Hall–Kier alpha value is -7.18. The summed E-state index contributed by atoms with van der Waals surface area (Å²) in [6.45, 7) is 7.84. The van der Waals surface area contributed by atoms with E-state index in [2.05, 4.69) is 4.99 Å². The molecule has 0 spiro atoms. The number of amides is 2. The Morgan fingerprint density at radius 1 is 0.629 bits per heavy atom. The minimum Gasteiger partial charge on any atom is -0.390 e. The van der Waals surface area contributed by atoms with E-state index < -0.39 is 40.5 Å². The predicted molar refractivity (Wildman–Crippen MR) is 263 cm³/mol. The Morgan fingerprint density at radius 3 is 1.57 bits per heavy atom. The fourth-order valence-corrected chi connectivity index (χ4v) is 9.37. The molecule has 0 bridgehead atoms. The van der Waals surface area contributed by atoms with E-state index in [9.17, 15) is 25.1 Å². The van der Waals surface area contributed by atoms with E-state index in [-0.39, 0.29) is 77.4 Å². The van der Waals surface area contributed by atoms with E-state index >= 15 is 17.6 Å². The molecular formula is C56H54F4N6O4. The van der Waals surface area contributed by atoms with Crippen molar-refractivity contribution in [1.82, 2.24) is 9.80 Å². The van der Waals surface area contributed by atoms with E-state index in [1.54, 1.807) is 110 Å².